The Morgan fingerprint density at radius 1 is 1.03 bits per heavy atom. The number of nitro benzene ring substituents is 1. The normalized spacial score (nSPS) is 11.0. The Balaban J connectivity index is 1.31. The first-order valence-electron chi connectivity index (χ1n) is 10.5. The van der Waals surface area contributed by atoms with Crippen LogP contribution < -0.4 is 4.74 Å². The molecule has 168 valence electrons. The second kappa shape index (κ2) is 8.67. The van der Waals surface area contributed by atoms with Gasteiger partial charge in [-0.15, -0.1) is 0 Å². The molecule has 0 aliphatic carbocycles. The highest BCUT2D eigenvalue weighted by molar-refractivity contribution is 6.10. The molecule has 0 unspecified atom stereocenters. The van der Waals surface area contributed by atoms with Crippen LogP contribution in [0, 0.1) is 17.0 Å². The predicted molar refractivity (Wildman–Crippen MR) is 124 cm³/mol. The SMILES string of the molecule is Cc1c(C(=O)c2ccccc2)oc2cc(OCc3cc(-c4ccc([N+](=O)[O-])cc4)no3)ccc12. The molecule has 8 nitrogen and oxygen atoms in total. The van der Waals surface area contributed by atoms with Crippen LogP contribution >= 0.6 is 0 Å². The zero-order valence-electron chi connectivity index (χ0n) is 18.1. The molecule has 0 atom stereocenters. The van der Waals surface area contributed by atoms with Gasteiger partial charge in [-0.2, -0.15) is 0 Å². The number of aryl methyl sites for hydroxylation is 1. The van der Waals surface area contributed by atoms with E-state index >= 15 is 0 Å². The van der Waals surface area contributed by atoms with Crippen molar-refractivity contribution in [2.75, 3.05) is 0 Å². The van der Waals surface area contributed by atoms with Gasteiger partial charge >= 0.3 is 0 Å². The topological polar surface area (TPSA) is 109 Å². The third-order valence-corrected chi connectivity index (χ3v) is 5.47. The lowest BCUT2D eigenvalue weighted by Gasteiger charge is -2.03. The van der Waals surface area contributed by atoms with Gasteiger partial charge < -0.3 is 13.7 Å². The van der Waals surface area contributed by atoms with Crippen LogP contribution in [0.15, 0.2) is 87.8 Å². The Hall–Kier alpha value is -4.72. The third-order valence-electron chi connectivity index (χ3n) is 5.47. The van der Waals surface area contributed by atoms with Crippen LogP contribution in [-0.4, -0.2) is 15.9 Å². The smallest absolute Gasteiger partial charge is 0.269 e. The lowest BCUT2D eigenvalue weighted by atomic mass is 10.0. The number of hydrogen-bond donors (Lipinski definition) is 0. The average molecular weight is 454 g/mol. The molecule has 2 heterocycles. The summed E-state index contributed by atoms with van der Waals surface area (Å²) < 4.78 is 17.0. The lowest BCUT2D eigenvalue weighted by Crippen LogP contribution is -2.00. The lowest BCUT2D eigenvalue weighted by molar-refractivity contribution is -0.384. The summed E-state index contributed by atoms with van der Waals surface area (Å²) >= 11 is 0. The summed E-state index contributed by atoms with van der Waals surface area (Å²) in [5.74, 6) is 1.18. The molecule has 34 heavy (non-hydrogen) atoms. The number of fused-ring (bicyclic) bond motifs is 1. The Kier molecular flexibility index (Phi) is 5.39. The van der Waals surface area contributed by atoms with E-state index in [2.05, 4.69) is 5.16 Å². The zero-order chi connectivity index (χ0) is 23.7. The van der Waals surface area contributed by atoms with Crippen LogP contribution in [0.1, 0.15) is 27.4 Å². The first-order valence-corrected chi connectivity index (χ1v) is 10.5. The Labute approximate surface area is 193 Å². The molecule has 0 fully saturated rings. The van der Waals surface area contributed by atoms with Crippen molar-refractivity contribution < 1.29 is 23.4 Å². The molecule has 0 spiro atoms. The highest BCUT2D eigenvalue weighted by Crippen LogP contribution is 2.30. The number of rotatable bonds is 7. The maximum Gasteiger partial charge on any atom is 0.269 e. The van der Waals surface area contributed by atoms with Gasteiger partial charge in [-0.05, 0) is 31.2 Å². The minimum Gasteiger partial charge on any atom is -0.485 e. The maximum absolute atomic E-state index is 12.8. The van der Waals surface area contributed by atoms with Gasteiger partial charge in [0.1, 0.15) is 23.6 Å². The third kappa shape index (κ3) is 4.04. The molecule has 0 radical (unpaired) electrons. The van der Waals surface area contributed by atoms with E-state index in [1.54, 1.807) is 42.5 Å². The summed E-state index contributed by atoms with van der Waals surface area (Å²) in [5.41, 5.74) is 3.15. The predicted octanol–water partition coefficient (Wildman–Crippen LogP) is 6.11. The van der Waals surface area contributed by atoms with Crippen molar-refractivity contribution in [3.63, 3.8) is 0 Å². The molecule has 0 bridgehead atoms. The van der Waals surface area contributed by atoms with Crippen LogP contribution in [0.5, 0.6) is 5.75 Å². The van der Waals surface area contributed by atoms with Crippen molar-refractivity contribution >= 4 is 22.4 Å². The van der Waals surface area contributed by atoms with Gasteiger partial charge in [0.05, 0.1) is 4.92 Å². The van der Waals surface area contributed by atoms with E-state index in [4.69, 9.17) is 13.7 Å². The van der Waals surface area contributed by atoms with Crippen LogP contribution in [-0.2, 0) is 6.61 Å². The molecule has 8 heteroatoms. The van der Waals surface area contributed by atoms with E-state index < -0.39 is 4.92 Å². The highest BCUT2D eigenvalue weighted by atomic mass is 16.6. The highest BCUT2D eigenvalue weighted by Gasteiger charge is 2.19. The number of furan rings is 1. The van der Waals surface area contributed by atoms with Crippen molar-refractivity contribution in [1.82, 2.24) is 5.16 Å². The average Bonchev–Trinajstić information content (AvgIpc) is 3.47. The molecule has 5 aromatic rings. The van der Waals surface area contributed by atoms with E-state index in [0.29, 0.717) is 39.7 Å². The fraction of sp³-hybridized carbons (Fsp3) is 0.0769. The van der Waals surface area contributed by atoms with Gasteiger partial charge in [0.15, 0.2) is 11.5 Å². The number of carbonyl (C=O) groups excluding carboxylic acids is 1. The maximum atomic E-state index is 12.8. The van der Waals surface area contributed by atoms with Gasteiger partial charge in [-0.25, -0.2) is 0 Å². The first-order chi connectivity index (χ1) is 16.5. The summed E-state index contributed by atoms with van der Waals surface area (Å²) in [6.07, 6.45) is 0. The number of non-ortho nitro benzene ring substituents is 1. The molecule has 2 aromatic heterocycles. The standard InChI is InChI=1S/C26H18N2O6/c1-16-22-12-11-20(14-24(22)33-26(16)25(29)18-5-3-2-4-6-18)32-15-21-13-23(27-34-21)17-7-9-19(10-8-17)28(30)31/h2-14H,15H2,1H3. The summed E-state index contributed by atoms with van der Waals surface area (Å²) in [7, 11) is 0. The number of nitrogens with zero attached hydrogens (tertiary/aromatic N) is 2. The number of hydrogen-bond acceptors (Lipinski definition) is 7. The second-order valence-corrected chi connectivity index (χ2v) is 7.68. The monoisotopic (exact) mass is 454 g/mol. The molecular weight excluding hydrogens is 436 g/mol. The largest absolute Gasteiger partial charge is 0.485 e. The van der Waals surface area contributed by atoms with Gasteiger partial charge in [0.2, 0.25) is 5.78 Å². The second-order valence-electron chi connectivity index (χ2n) is 7.68. The van der Waals surface area contributed by atoms with Crippen LogP contribution in [0.25, 0.3) is 22.2 Å². The van der Waals surface area contributed by atoms with Gasteiger partial charge in [-0.3, -0.25) is 14.9 Å². The number of aromatic nitrogens is 1. The number of ether oxygens (including phenoxy) is 1. The fourth-order valence-electron chi connectivity index (χ4n) is 3.66. The summed E-state index contributed by atoms with van der Waals surface area (Å²) in [6, 6.07) is 22.2. The van der Waals surface area contributed by atoms with Gasteiger partial charge in [-0.1, -0.05) is 35.5 Å². The summed E-state index contributed by atoms with van der Waals surface area (Å²) in [4.78, 5) is 23.2. The van der Waals surface area contributed by atoms with Gasteiger partial charge in [0, 0.05) is 46.3 Å². The summed E-state index contributed by atoms with van der Waals surface area (Å²) in [5, 5.41) is 15.6. The van der Waals surface area contributed by atoms with Gasteiger partial charge in [0.25, 0.3) is 5.69 Å². The minimum atomic E-state index is -0.455. The summed E-state index contributed by atoms with van der Waals surface area (Å²) in [6.45, 7) is 1.98. The van der Waals surface area contributed by atoms with Crippen molar-refractivity contribution in [1.29, 1.82) is 0 Å². The van der Waals surface area contributed by atoms with E-state index in [0.717, 1.165) is 10.9 Å². The number of carbonyl (C=O) groups is 1. The Morgan fingerprint density at radius 2 is 1.79 bits per heavy atom. The molecule has 5 rings (SSSR count). The first kappa shape index (κ1) is 21.1. The Morgan fingerprint density at radius 3 is 2.53 bits per heavy atom. The molecule has 0 aliphatic heterocycles. The van der Waals surface area contributed by atoms with E-state index in [1.807, 2.05) is 31.2 Å². The number of nitro groups is 1. The van der Waals surface area contributed by atoms with E-state index in [9.17, 15) is 14.9 Å². The van der Waals surface area contributed by atoms with E-state index in [-0.39, 0.29) is 18.1 Å². The molecule has 3 aromatic carbocycles. The van der Waals surface area contributed by atoms with Crippen LogP contribution in [0.4, 0.5) is 5.69 Å². The van der Waals surface area contributed by atoms with Crippen LogP contribution in [0.2, 0.25) is 0 Å². The van der Waals surface area contributed by atoms with Crippen molar-refractivity contribution in [3.05, 3.63) is 112 Å². The minimum absolute atomic E-state index is 0.00739. The van der Waals surface area contributed by atoms with Crippen molar-refractivity contribution in [2.45, 2.75) is 13.5 Å². The molecular formula is C26H18N2O6. The molecule has 0 saturated carbocycles. The van der Waals surface area contributed by atoms with E-state index in [1.165, 1.54) is 12.1 Å². The van der Waals surface area contributed by atoms with Crippen LogP contribution in [0.3, 0.4) is 0 Å². The fourth-order valence-corrected chi connectivity index (χ4v) is 3.66. The zero-order valence-corrected chi connectivity index (χ0v) is 18.1. The van der Waals surface area contributed by atoms with Crippen molar-refractivity contribution in [2.24, 2.45) is 0 Å². The quantitative estimate of drug-likeness (QED) is 0.166. The van der Waals surface area contributed by atoms with Crippen molar-refractivity contribution in [3.8, 4) is 17.0 Å². The number of benzene rings is 3. The number of ketones is 1. The molecule has 0 saturated heterocycles. The molecule has 0 N–H and O–H groups in total. The molecule has 0 aliphatic rings. The molecule has 0 amide bonds. The Bertz CT molecular complexity index is 1500.